The number of rotatable bonds is 6. The van der Waals surface area contributed by atoms with E-state index in [1.54, 1.807) is 42.6 Å². The van der Waals surface area contributed by atoms with Gasteiger partial charge in [0.15, 0.2) is 9.84 Å². The van der Waals surface area contributed by atoms with Gasteiger partial charge in [-0.2, -0.15) is 0 Å². The standard InChI is InChI=1S/C26H21N5O4S/c1-36(34,35)19-11-9-16(10-12-19)14-28-24(32)20-7-4-8-21-23(20)30-26(29-21)31-25(33)22-13-17-5-2-3-6-18(17)15-27-22/h2-13,15H,14H2,1H3,(H,28,32)(H2,29,30,31,33). The maximum atomic E-state index is 12.9. The van der Waals surface area contributed by atoms with E-state index >= 15 is 0 Å². The number of carbonyl (C=O) groups excluding carboxylic acids is 2. The molecule has 2 heterocycles. The number of hydrogen-bond acceptors (Lipinski definition) is 6. The average molecular weight is 500 g/mol. The summed E-state index contributed by atoms with van der Waals surface area (Å²) in [6.45, 7) is 0.209. The van der Waals surface area contributed by atoms with Gasteiger partial charge in [0.1, 0.15) is 11.2 Å². The molecule has 3 N–H and O–H groups in total. The quantitative estimate of drug-likeness (QED) is 0.326. The van der Waals surface area contributed by atoms with Gasteiger partial charge < -0.3 is 10.3 Å². The summed E-state index contributed by atoms with van der Waals surface area (Å²) in [7, 11) is -3.29. The highest BCUT2D eigenvalue weighted by molar-refractivity contribution is 7.90. The van der Waals surface area contributed by atoms with Crippen molar-refractivity contribution in [2.75, 3.05) is 11.6 Å². The van der Waals surface area contributed by atoms with E-state index in [0.29, 0.717) is 16.6 Å². The summed E-state index contributed by atoms with van der Waals surface area (Å²) in [5.74, 6) is -0.585. The molecule has 0 bridgehead atoms. The molecule has 10 heteroatoms. The fourth-order valence-electron chi connectivity index (χ4n) is 3.79. The predicted molar refractivity (Wildman–Crippen MR) is 137 cm³/mol. The van der Waals surface area contributed by atoms with Crippen LogP contribution in [-0.2, 0) is 16.4 Å². The number of aromatic nitrogens is 3. The smallest absolute Gasteiger partial charge is 0.276 e. The number of fused-ring (bicyclic) bond motifs is 2. The first-order valence-corrected chi connectivity index (χ1v) is 12.9. The molecule has 2 amide bonds. The van der Waals surface area contributed by atoms with Crippen molar-refractivity contribution in [2.24, 2.45) is 0 Å². The Balaban J connectivity index is 1.31. The Morgan fingerprint density at radius 3 is 2.42 bits per heavy atom. The summed E-state index contributed by atoms with van der Waals surface area (Å²) in [4.78, 5) is 37.5. The minimum atomic E-state index is -3.29. The minimum absolute atomic E-state index is 0.196. The van der Waals surface area contributed by atoms with Crippen molar-refractivity contribution < 1.29 is 18.0 Å². The van der Waals surface area contributed by atoms with Crippen LogP contribution in [0, 0.1) is 0 Å². The number of sulfone groups is 1. The van der Waals surface area contributed by atoms with E-state index in [1.807, 2.05) is 24.3 Å². The molecule has 0 spiro atoms. The van der Waals surface area contributed by atoms with Crippen molar-refractivity contribution in [1.29, 1.82) is 0 Å². The van der Waals surface area contributed by atoms with E-state index in [0.717, 1.165) is 22.6 Å². The molecule has 0 saturated heterocycles. The number of imidazole rings is 1. The van der Waals surface area contributed by atoms with E-state index in [2.05, 4.69) is 25.6 Å². The number of nitrogens with one attached hydrogen (secondary N) is 3. The van der Waals surface area contributed by atoms with Gasteiger partial charge in [-0.05, 0) is 41.3 Å². The molecule has 9 nitrogen and oxygen atoms in total. The molecule has 0 aliphatic heterocycles. The lowest BCUT2D eigenvalue weighted by Gasteiger charge is -2.07. The Kier molecular flexibility index (Phi) is 5.95. The molecule has 2 aromatic heterocycles. The first kappa shape index (κ1) is 23.2. The van der Waals surface area contributed by atoms with E-state index < -0.39 is 15.7 Å². The Morgan fingerprint density at radius 2 is 1.67 bits per heavy atom. The molecule has 0 radical (unpaired) electrons. The summed E-state index contributed by atoms with van der Waals surface area (Å²) in [6.07, 6.45) is 2.78. The van der Waals surface area contributed by atoms with Crippen LogP contribution >= 0.6 is 0 Å². The lowest BCUT2D eigenvalue weighted by Crippen LogP contribution is -2.23. The van der Waals surface area contributed by atoms with Crippen molar-refractivity contribution in [3.05, 3.63) is 95.8 Å². The molecule has 0 fully saturated rings. The van der Waals surface area contributed by atoms with Gasteiger partial charge in [-0.3, -0.25) is 19.9 Å². The van der Waals surface area contributed by atoms with Crippen LogP contribution in [0.5, 0.6) is 0 Å². The highest BCUT2D eigenvalue weighted by Gasteiger charge is 2.16. The van der Waals surface area contributed by atoms with Crippen LogP contribution in [0.4, 0.5) is 5.95 Å². The number of nitrogens with zero attached hydrogens (tertiary/aromatic N) is 2. The van der Waals surface area contributed by atoms with Gasteiger partial charge in [0.25, 0.3) is 11.8 Å². The maximum absolute atomic E-state index is 12.9. The molecule has 36 heavy (non-hydrogen) atoms. The molecule has 3 aromatic carbocycles. The van der Waals surface area contributed by atoms with Gasteiger partial charge in [-0.25, -0.2) is 13.4 Å². The first-order chi connectivity index (χ1) is 17.3. The number of benzene rings is 3. The summed E-state index contributed by atoms with van der Waals surface area (Å²) < 4.78 is 23.2. The van der Waals surface area contributed by atoms with Crippen molar-refractivity contribution in [3.8, 4) is 0 Å². The zero-order valence-electron chi connectivity index (χ0n) is 19.1. The molecule has 0 saturated carbocycles. The van der Waals surface area contributed by atoms with Crippen LogP contribution in [0.25, 0.3) is 21.8 Å². The van der Waals surface area contributed by atoms with E-state index in [4.69, 9.17) is 0 Å². The van der Waals surface area contributed by atoms with Crippen LogP contribution in [0.3, 0.4) is 0 Å². The van der Waals surface area contributed by atoms with Crippen molar-refractivity contribution in [1.82, 2.24) is 20.3 Å². The monoisotopic (exact) mass is 499 g/mol. The van der Waals surface area contributed by atoms with Crippen molar-refractivity contribution >= 4 is 49.4 Å². The Labute approximate surface area is 206 Å². The van der Waals surface area contributed by atoms with Crippen LogP contribution in [0.2, 0.25) is 0 Å². The number of anilines is 1. The number of aromatic amines is 1. The number of para-hydroxylation sites is 1. The van der Waals surface area contributed by atoms with Gasteiger partial charge in [0, 0.05) is 24.4 Å². The third-order valence-electron chi connectivity index (χ3n) is 5.66. The second-order valence-electron chi connectivity index (χ2n) is 8.26. The topological polar surface area (TPSA) is 134 Å². The lowest BCUT2D eigenvalue weighted by molar-refractivity contribution is 0.0951. The Hall–Kier alpha value is -4.57. The summed E-state index contributed by atoms with van der Waals surface area (Å²) >= 11 is 0. The summed E-state index contributed by atoms with van der Waals surface area (Å²) in [6, 6.07) is 20.7. The SMILES string of the molecule is CS(=O)(=O)c1ccc(CNC(=O)c2cccc3[nH]c(NC(=O)c4cc5ccccc5cn4)nc23)cc1. The second kappa shape index (κ2) is 9.23. The molecular formula is C26H21N5O4S. The van der Waals surface area contributed by atoms with Crippen LogP contribution < -0.4 is 10.6 Å². The molecular weight excluding hydrogens is 478 g/mol. The van der Waals surface area contributed by atoms with Crippen molar-refractivity contribution in [3.63, 3.8) is 0 Å². The fourth-order valence-corrected chi connectivity index (χ4v) is 4.42. The minimum Gasteiger partial charge on any atom is -0.348 e. The number of hydrogen-bond donors (Lipinski definition) is 3. The van der Waals surface area contributed by atoms with Crippen molar-refractivity contribution in [2.45, 2.75) is 11.4 Å². The molecule has 0 aliphatic carbocycles. The van der Waals surface area contributed by atoms with Crippen LogP contribution in [-0.4, -0.2) is 41.4 Å². The van der Waals surface area contributed by atoms with Crippen LogP contribution in [0.15, 0.2) is 83.9 Å². The van der Waals surface area contributed by atoms with E-state index in [-0.39, 0.29) is 29.0 Å². The normalized spacial score (nSPS) is 11.5. The van der Waals surface area contributed by atoms with Gasteiger partial charge in [-0.1, -0.05) is 42.5 Å². The third-order valence-corrected chi connectivity index (χ3v) is 6.79. The number of carbonyl (C=O) groups is 2. The van der Waals surface area contributed by atoms with E-state index in [9.17, 15) is 18.0 Å². The first-order valence-electron chi connectivity index (χ1n) is 11.0. The molecule has 0 unspecified atom stereocenters. The molecule has 5 rings (SSSR count). The molecule has 0 atom stereocenters. The predicted octanol–water partition coefficient (Wildman–Crippen LogP) is 3.70. The second-order valence-corrected chi connectivity index (χ2v) is 10.3. The van der Waals surface area contributed by atoms with E-state index in [1.165, 1.54) is 12.1 Å². The fraction of sp³-hybridized carbons (Fsp3) is 0.0769. The van der Waals surface area contributed by atoms with Gasteiger partial charge in [0.2, 0.25) is 5.95 Å². The Morgan fingerprint density at radius 1 is 0.917 bits per heavy atom. The molecule has 0 aliphatic rings. The summed E-state index contributed by atoms with van der Waals surface area (Å²) in [5, 5.41) is 7.35. The third kappa shape index (κ3) is 4.80. The molecule has 5 aromatic rings. The lowest BCUT2D eigenvalue weighted by atomic mass is 10.1. The number of amides is 2. The van der Waals surface area contributed by atoms with Gasteiger partial charge >= 0.3 is 0 Å². The van der Waals surface area contributed by atoms with Gasteiger partial charge in [-0.15, -0.1) is 0 Å². The zero-order chi connectivity index (χ0) is 25.3. The summed E-state index contributed by atoms with van der Waals surface area (Å²) in [5.41, 5.74) is 2.32. The van der Waals surface area contributed by atoms with Crippen LogP contribution in [0.1, 0.15) is 26.4 Å². The highest BCUT2D eigenvalue weighted by atomic mass is 32.2. The number of pyridine rings is 1. The van der Waals surface area contributed by atoms with Gasteiger partial charge in [0.05, 0.1) is 16.0 Å². The average Bonchev–Trinajstić information content (AvgIpc) is 3.29. The maximum Gasteiger partial charge on any atom is 0.276 e. The largest absolute Gasteiger partial charge is 0.348 e. The molecule has 180 valence electrons. The number of H-pyrrole nitrogens is 1. The Bertz CT molecular complexity index is 1730. The highest BCUT2D eigenvalue weighted by Crippen LogP contribution is 2.20. The zero-order valence-corrected chi connectivity index (χ0v) is 20.0.